The smallest absolute Gasteiger partial charge is 0.193 e. The zero-order valence-corrected chi connectivity index (χ0v) is 13.1. The molecular formula is C15H20N4OS. The van der Waals surface area contributed by atoms with E-state index < -0.39 is 0 Å². The Morgan fingerprint density at radius 3 is 2.95 bits per heavy atom. The molecule has 0 aliphatic heterocycles. The van der Waals surface area contributed by atoms with Crippen LogP contribution in [0.25, 0.3) is 0 Å². The van der Waals surface area contributed by atoms with E-state index in [1.807, 2.05) is 31.2 Å². The van der Waals surface area contributed by atoms with Crippen LogP contribution in [-0.2, 0) is 6.42 Å². The molecule has 0 saturated heterocycles. The molecule has 5 nitrogen and oxygen atoms in total. The van der Waals surface area contributed by atoms with Crippen molar-refractivity contribution in [3.8, 4) is 5.75 Å². The lowest BCUT2D eigenvalue weighted by molar-refractivity contribution is 0.417. The fourth-order valence-corrected chi connectivity index (χ4v) is 2.69. The van der Waals surface area contributed by atoms with E-state index in [1.54, 1.807) is 18.4 Å². The number of nitrogens with one attached hydrogen (secondary N) is 1. The fourth-order valence-electron chi connectivity index (χ4n) is 1.87. The minimum Gasteiger partial charge on any atom is -0.495 e. The maximum Gasteiger partial charge on any atom is 0.193 e. The van der Waals surface area contributed by atoms with E-state index in [4.69, 9.17) is 10.5 Å². The van der Waals surface area contributed by atoms with Gasteiger partial charge in [-0.25, -0.2) is 4.98 Å². The third-order valence-corrected chi connectivity index (χ3v) is 3.89. The zero-order chi connectivity index (χ0) is 15.1. The number of benzene rings is 1. The molecule has 1 heterocycles. The van der Waals surface area contributed by atoms with Gasteiger partial charge < -0.3 is 15.8 Å². The average molecular weight is 304 g/mol. The van der Waals surface area contributed by atoms with Crippen LogP contribution in [0.4, 0.5) is 5.69 Å². The summed E-state index contributed by atoms with van der Waals surface area (Å²) in [5.74, 6) is 1.14. The lowest BCUT2D eigenvalue weighted by atomic mass is 10.3. The van der Waals surface area contributed by atoms with Gasteiger partial charge in [0.05, 0.1) is 17.8 Å². The predicted octanol–water partition coefficient (Wildman–Crippen LogP) is 2.82. The number of nitrogens with two attached hydrogens (primary N) is 1. The summed E-state index contributed by atoms with van der Waals surface area (Å²) in [6.07, 6.45) is 1.87. The molecule has 0 bridgehead atoms. The van der Waals surface area contributed by atoms with Gasteiger partial charge in [-0.15, -0.1) is 11.3 Å². The number of guanidine groups is 1. The summed E-state index contributed by atoms with van der Waals surface area (Å²) in [5, 5.41) is 6.27. The van der Waals surface area contributed by atoms with Crippen LogP contribution >= 0.6 is 11.3 Å². The van der Waals surface area contributed by atoms with Crippen molar-refractivity contribution in [2.24, 2.45) is 10.7 Å². The Balaban J connectivity index is 1.81. The van der Waals surface area contributed by atoms with Gasteiger partial charge in [-0.3, -0.25) is 4.99 Å². The Hall–Kier alpha value is -2.08. The molecule has 0 atom stereocenters. The first-order valence-corrected chi connectivity index (χ1v) is 7.68. The van der Waals surface area contributed by atoms with E-state index in [9.17, 15) is 0 Å². The van der Waals surface area contributed by atoms with Crippen LogP contribution in [0.15, 0.2) is 34.6 Å². The summed E-state index contributed by atoms with van der Waals surface area (Å²) in [6.45, 7) is 2.68. The average Bonchev–Trinajstić information content (AvgIpc) is 2.90. The maximum absolute atomic E-state index is 5.88. The summed E-state index contributed by atoms with van der Waals surface area (Å²) < 4.78 is 5.25. The lowest BCUT2D eigenvalue weighted by Crippen LogP contribution is -2.23. The van der Waals surface area contributed by atoms with Crippen LogP contribution in [0.5, 0.6) is 5.75 Å². The highest BCUT2D eigenvalue weighted by Crippen LogP contribution is 2.22. The maximum atomic E-state index is 5.88. The molecule has 0 aliphatic rings. The number of nitrogens with zero attached hydrogens (tertiary/aromatic N) is 2. The zero-order valence-electron chi connectivity index (χ0n) is 12.3. The second kappa shape index (κ2) is 7.64. The standard InChI is InChI=1S/C15H20N4OS/c1-11-10-21-14(18-11)8-5-9-17-15(16)19-12-6-3-4-7-13(12)20-2/h3-4,6-7,10H,5,8-9H2,1-2H3,(H3,16,17,19). The van der Waals surface area contributed by atoms with Gasteiger partial charge in [0.25, 0.3) is 0 Å². The van der Waals surface area contributed by atoms with Crippen molar-refractivity contribution in [1.29, 1.82) is 0 Å². The normalized spacial score (nSPS) is 11.4. The van der Waals surface area contributed by atoms with E-state index >= 15 is 0 Å². The Kier molecular flexibility index (Phi) is 5.57. The van der Waals surface area contributed by atoms with Gasteiger partial charge in [0.1, 0.15) is 5.75 Å². The van der Waals surface area contributed by atoms with Gasteiger partial charge in [0.2, 0.25) is 0 Å². The van der Waals surface area contributed by atoms with Gasteiger partial charge >= 0.3 is 0 Å². The molecule has 6 heteroatoms. The third-order valence-electron chi connectivity index (χ3n) is 2.87. The summed E-state index contributed by atoms with van der Waals surface area (Å²) in [5.41, 5.74) is 7.78. The number of rotatable bonds is 6. The van der Waals surface area contributed by atoms with Crippen molar-refractivity contribution in [2.75, 3.05) is 19.0 Å². The van der Waals surface area contributed by atoms with Crippen LogP contribution in [0.3, 0.4) is 0 Å². The summed E-state index contributed by atoms with van der Waals surface area (Å²) >= 11 is 1.69. The highest BCUT2D eigenvalue weighted by molar-refractivity contribution is 7.09. The molecule has 0 fully saturated rings. The number of aryl methyl sites for hydroxylation is 2. The number of methoxy groups -OCH3 is 1. The van der Waals surface area contributed by atoms with Crippen molar-refractivity contribution in [3.05, 3.63) is 40.3 Å². The van der Waals surface area contributed by atoms with E-state index in [0.29, 0.717) is 12.5 Å². The number of para-hydroxylation sites is 2. The minimum absolute atomic E-state index is 0.398. The van der Waals surface area contributed by atoms with Crippen LogP contribution < -0.4 is 15.8 Å². The molecule has 1 aromatic carbocycles. The molecule has 0 radical (unpaired) electrons. The predicted molar refractivity (Wildman–Crippen MR) is 88.3 cm³/mol. The summed E-state index contributed by atoms with van der Waals surface area (Å²) in [4.78, 5) is 8.75. The Morgan fingerprint density at radius 2 is 2.24 bits per heavy atom. The molecule has 0 amide bonds. The summed E-state index contributed by atoms with van der Waals surface area (Å²) in [6, 6.07) is 7.61. The topological polar surface area (TPSA) is 72.5 Å². The summed E-state index contributed by atoms with van der Waals surface area (Å²) in [7, 11) is 1.63. The van der Waals surface area contributed by atoms with Gasteiger partial charge in [0, 0.05) is 24.0 Å². The van der Waals surface area contributed by atoms with E-state index in [0.717, 1.165) is 35.0 Å². The molecule has 2 rings (SSSR count). The van der Waals surface area contributed by atoms with Crippen LogP contribution in [0, 0.1) is 6.92 Å². The number of aliphatic imine (C=N–C) groups is 1. The van der Waals surface area contributed by atoms with Crippen molar-refractivity contribution in [3.63, 3.8) is 0 Å². The van der Waals surface area contributed by atoms with Crippen molar-refractivity contribution >= 4 is 23.0 Å². The molecular weight excluding hydrogens is 284 g/mol. The quantitative estimate of drug-likeness (QED) is 0.489. The minimum atomic E-state index is 0.398. The number of anilines is 1. The second-order valence-corrected chi connectivity index (χ2v) is 5.52. The van der Waals surface area contributed by atoms with E-state index in [1.165, 1.54) is 0 Å². The van der Waals surface area contributed by atoms with E-state index in [-0.39, 0.29) is 0 Å². The van der Waals surface area contributed by atoms with Gasteiger partial charge in [-0.1, -0.05) is 12.1 Å². The number of thiazole rings is 1. The number of ether oxygens (including phenoxy) is 1. The van der Waals surface area contributed by atoms with Gasteiger partial charge in [0.15, 0.2) is 5.96 Å². The number of hydrogen-bond acceptors (Lipinski definition) is 4. The molecule has 0 saturated carbocycles. The third kappa shape index (κ3) is 4.75. The SMILES string of the molecule is COc1ccccc1NC(N)=NCCCc1nc(C)cs1. The largest absolute Gasteiger partial charge is 0.495 e. The first-order chi connectivity index (χ1) is 10.2. The first-order valence-electron chi connectivity index (χ1n) is 6.80. The highest BCUT2D eigenvalue weighted by atomic mass is 32.1. The van der Waals surface area contributed by atoms with Crippen LogP contribution in [0.1, 0.15) is 17.1 Å². The van der Waals surface area contributed by atoms with Crippen molar-refractivity contribution < 1.29 is 4.74 Å². The van der Waals surface area contributed by atoms with Crippen LogP contribution in [0.2, 0.25) is 0 Å². The molecule has 112 valence electrons. The number of aromatic nitrogens is 1. The monoisotopic (exact) mass is 304 g/mol. The van der Waals surface area contributed by atoms with Gasteiger partial charge in [-0.05, 0) is 25.5 Å². The molecule has 1 aromatic heterocycles. The number of hydrogen-bond donors (Lipinski definition) is 2. The molecule has 0 unspecified atom stereocenters. The fraction of sp³-hybridized carbons (Fsp3) is 0.333. The first kappa shape index (κ1) is 15.3. The van der Waals surface area contributed by atoms with E-state index in [2.05, 4.69) is 20.7 Å². The molecule has 0 spiro atoms. The van der Waals surface area contributed by atoms with Crippen LogP contribution in [-0.4, -0.2) is 24.6 Å². The highest BCUT2D eigenvalue weighted by Gasteiger charge is 2.02. The molecule has 3 N–H and O–H groups in total. The molecule has 0 aliphatic carbocycles. The van der Waals surface area contributed by atoms with Crippen molar-refractivity contribution in [2.45, 2.75) is 19.8 Å². The Morgan fingerprint density at radius 1 is 1.43 bits per heavy atom. The molecule has 2 aromatic rings. The van der Waals surface area contributed by atoms with Gasteiger partial charge in [-0.2, -0.15) is 0 Å². The Labute approximate surface area is 128 Å². The molecule has 21 heavy (non-hydrogen) atoms. The lowest BCUT2D eigenvalue weighted by Gasteiger charge is -2.09. The Bertz CT molecular complexity index is 609. The van der Waals surface area contributed by atoms with Crippen molar-refractivity contribution in [1.82, 2.24) is 4.98 Å². The second-order valence-electron chi connectivity index (χ2n) is 4.58.